The van der Waals surface area contributed by atoms with Gasteiger partial charge in [0.05, 0.1) is 10.6 Å². The third-order valence-electron chi connectivity index (χ3n) is 5.21. The molecule has 1 amide bonds. The summed E-state index contributed by atoms with van der Waals surface area (Å²) in [7, 11) is -3.18. The lowest BCUT2D eigenvalue weighted by atomic mass is 9.86. The van der Waals surface area contributed by atoms with Crippen LogP contribution >= 0.6 is 0 Å². The second-order valence-electron chi connectivity index (χ2n) is 6.62. The van der Waals surface area contributed by atoms with Crippen molar-refractivity contribution >= 4 is 21.4 Å². The Hall–Kier alpha value is -1.36. The maximum atomic E-state index is 12.2. The van der Waals surface area contributed by atoms with Crippen LogP contribution in [0.15, 0.2) is 29.2 Å². The van der Waals surface area contributed by atoms with Crippen molar-refractivity contribution in [2.75, 3.05) is 11.1 Å². The van der Waals surface area contributed by atoms with Gasteiger partial charge in [0.15, 0.2) is 9.84 Å². The number of benzene rings is 1. The largest absolute Gasteiger partial charge is 0.326 e. The van der Waals surface area contributed by atoms with E-state index in [9.17, 15) is 13.2 Å². The number of carbonyl (C=O) groups excluding carboxylic acids is 1. The second kappa shape index (κ2) is 6.03. The summed E-state index contributed by atoms with van der Waals surface area (Å²) in [5.41, 5.74) is 0.670. The van der Waals surface area contributed by atoms with Crippen molar-refractivity contribution in [3.05, 3.63) is 24.3 Å². The number of amides is 1. The van der Waals surface area contributed by atoms with Gasteiger partial charge in [-0.1, -0.05) is 13.3 Å². The molecule has 1 aromatic rings. The maximum Gasteiger partial charge on any atom is 0.224 e. The first-order valence-corrected chi connectivity index (χ1v) is 9.76. The molecule has 0 heterocycles. The Kier molecular flexibility index (Phi) is 4.26. The molecule has 2 aliphatic carbocycles. The van der Waals surface area contributed by atoms with Gasteiger partial charge in [-0.05, 0) is 61.3 Å². The van der Waals surface area contributed by atoms with Crippen LogP contribution in [0.3, 0.4) is 0 Å². The first-order chi connectivity index (χ1) is 10.5. The average Bonchev–Trinajstić information content (AvgIpc) is 3.10. The third-order valence-corrected chi connectivity index (χ3v) is 6.96. The number of fused-ring (bicyclic) bond motifs is 2. The van der Waals surface area contributed by atoms with Gasteiger partial charge in [-0.15, -0.1) is 0 Å². The first-order valence-electron chi connectivity index (χ1n) is 8.10. The van der Waals surface area contributed by atoms with Crippen LogP contribution in [-0.4, -0.2) is 20.1 Å². The fraction of sp³-hybridized carbons (Fsp3) is 0.588. The highest BCUT2D eigenvalue weighted by Crippen LogP contribution is 2.49. The van der Waals surface area contributed by atoms with Gasteiger partial charge in [0.25, 0.3) is 0 Å². The topological polar surface area (TPSA) is 63.2 Å². The second-order valence-corrected chi connectivity index (χ2v) is 8.89. The van der Waals surface area contributed by atoms with Crippen molar-refractivity contribution in [3.8, 4) is 0 Å². The van der Waals surface area contributed by atoms with E-state index in [0.29, 0.717) is 22.9 Å². The number of carbonyl (C=O) groups is 1. The summed E-state index contributed by atoms with van der Waals surface area (Å²) in [6.45, 7) is 1.63. The average molecular weight is 321 g/mol. The first kappa shape index (κ1) is 15.5. The predicted molar refractivity (Wildman–Crippen MR) is 86.4 cm³/mol. The smallest absolute Gasteiger partial charge is 0.224 e. The molecule has 22 heavy (non-hydrogen) atoms. The van der Waals surface area contributed by atoms with Crippen LogP contribution in [-0.2, 0) is 14.6 Å². The lowest BCUT2D eigenvalue weighted by Gasteiger charge is -2.20. The highest BCUT2D eigenvalue weighted by atomic mass is 32.2. The molecule has 4 nitrogen and oxygen atoms in total. The van der Waals surface area contributed by atoms with E-state index in [-0.39, 0.29) is 11.7 Å². The fourth-order valence-corrected chi connectivity index (χ4v) is 4.87. The zero-order chi connectivity index (χ0) is 15.7. The van der Waals surface area contributed by atoms with Gasteiger partial charge in [-0.2, -0.15) is 0 Å². The van der Waals surface area contributed by atoms with Crippen LogP contribution < -0.4 is 5.32 Å². The van der Waals surface area contributed by atoms with E-state index in [1.807, 2.05) is 0 Å². The zero-order valence-electron chi connectivity index (χ0n) is 12.9. The SMILES string of the molecule is CCS(=O)(=O)c1ccc(NC(=O)C[C@@H]2C[C@H]3CC[C@H]2C3)cc1. The van der Waals surface area contributed by atoms with Crippen LogP contribution in [0.4, 0.5) is 5.69 Å². The van der Waals surface area contributed by atoms with Crippen molar-refractivity contribution in [2.24, 2.45) is 17.8 Å². The van der Waals surface area contributed by atoms with E-state index >= 15 is 0 Å². The molecular formula is C17H23NO3S. The van der Waals surface area contributed by atoms with Crippen molar-refractivity contribution < 1.29 is 13.2 Å². The Labute approximate surface area is 132 Å². The number of hydrogen-bond acceptors (Lipinski definition) is 3. The maximum absolute atomic E-state index is 12.2. The molecule has 1 N–H and O–H groups in total. The lowest BCUT2D eigenvalue weighted by molar-refractivity contribution is -0.117. The van der Waals surface area contributed by atoms with E-state index < -0.39 is 9.84 Å². The minimum absolute atomic E-state index is 0.0450. The summed E-state index contributed by atoms with van der Waals surface area (Å²) in [5, 5.41) is 2.89. The molecule has 2 bridgehead atoms. The van der Waals surface area contributed by atoms with E-state index in [1.54, 1.807) is 31.2 Å². The van der Waals surface area contributed by atoms with Gasteiger partial charge >= 0.3 is 0 Å². The number of sulfone groups is 1. The summed E-state index contributed by atoms with van der Waals surface area (Å²) in [6, 6.07) is 6.46. The van der Waals surface area contributed by atoms with Crippen LogP contribution in [0.25, 0.3) is 0 Å². The molecular weight excluding hydrogens is 298 g/mol. The molecule has 2 saturated carbocycles. The summed E-state index contributed by atoms with van der Waals surface area (Å²) >= 11 is 0. The highest BCUT2D eigenvalue weighted by molar-refractivity contribution is 7.91. The molecule has 5 heteroatoms. The Morgan fingerprint density at radius 2 is 1.91 bits per heavy atom. The monoisotopic (exact) mass is 321 g/mol. The van der Waals surface area contributed by atoms with Gasteiger partial charge in [0, 0.05) is 12.1 Å². The molecule has 2 fully saturated rings. The lowest BCUT2D eigenvalue weighted by Crippen LogP contribution is -2.20. The van der Waals surface area contributed by atoms with Gasteiger partial charge < -0.3 is 5.32 Å². The van der Waals surface area contributed by atoms with Crippen molar-refractivity contribution in [1.82, 2.24) is 0 Å². The molecule has 0 spiro atoms. The Balaban J connectivity index is 1.58. The minimum Gasteiger partial charge on any atom is -0.326 e. The molecule has 1 aromatic carbocycles. The van der Waals surface area contributed by atoms with Crippen LogP contribution in [0.1, 0.15) is 39.0 Å². The van der Waals surface area contributed by atoms with E-state index in [0.717, 1.165) is 11.8 Å². The summed E-state index contributed by atoms with van der Waals surface area (Å²) < 4.78 is 23.5. The van der Waals surface area contributed by atoms with Crippen molar-refractivity contribution in [2.45, 2.75) is 43.9 Å². The molecule has 3 rings (SSSR count). The highest BCUT2D eigenvalue weighted by Gasteiger charge is 2.40. The fourth-order valence-electron chi connectivity index (χ4n) is 3.99. The molecule has 120 valence electrons. The zero-order valence-corrected chi connectivity index (χ0v) is 13.7. The molecule has 2 aliphatic rings. The summed E-state index contributed by atoms with van der Waals surface area (Å²) in [6.07, 6.45) is 5.73. The number of anilines is 1. The van der Waals surface area contributed by atoms with Gasteiger partial charge in [-0.3, -0.25) is 4.79 Å². The molecule has 0 radical (unpaired) electrons. The number of rotatable bonds is 5. The van der Waals surface area contributed by atoms with Gasteiger partial charge in [0.1, 0.15) is 0 Å². The molecule has 0 saturated heterocycles. The molecule has 0 unspecified atom stereocenters. The predicted octanol–water partition coefficient (Wildman–Crippen LogP) is 3.25. The quantitative estimate of drug-likeness (QED) is 0.905. The number of hydrogen-bond donors (Lipinski definition) is 1. The molecule has 3 atom stereocenters. The van der Waals surface area contributed by atoms with Gasteiger partial charge in [0.2, 0.25) is 5.91 Å². The molecule has 0 aliphatic heterocycles. The Bertz CT molecular complexity index is 651. The van der Waals surface area contributed by atoms with Crippen molar-refractivity contribution in [3.63, 3.8) is 0 Å². The number of nitrogens with one attached hydrogen (secondary N) is 1. The third kappa shape index (κ3) is 3.19. The summed E-state index contributed by atoms with van der Waals surface area (Å²) in [5.74, 6) is 2.26. The van der Waals surface area contributed by atoms with E-state index in [2.05, 4.69) is 5.32 Å². The van der Waals surface area contributed by atoms with E-state index in [4.69, 9.17) is 0 Å². The van der Waals surface area contributed by atoms with Crippen LogP contribution in [0.2, 0.25) is 0 Å². The van der Waals surface area contributed by atoms with Crippen LogP contribution in [0.5, 0.6) is 0 Å². The Morgan fingerprint density at radius 1 is 1.18 bits per heavy atom. The van der Waals surface area contributed by atoms with Gasteiger partial charge in [-0.25, -0.2) is 8.42 Å². The van der Waals surface area contributed by atoms with Crippen molar-refractivity contribution in [1.29, 1.82) is 0 Å². The normalized spacial score (nSPS) is 27.0. The minimum atomic E-state index is -3.18. The summed E-state index contributed by atoms with van der Waals surface area (Å²) in [4.78, 5) is 12.5. The van der Waals surface area contributed by atoms with Crippen LogP contribution in [0, 0.1) is 17.8 Å². The Morgan fingerprint density at radius 3 is 2.45 bits per heavy atom. The van der Waals surface area contributed by atoms with E-state index in [1.165, 1.54) is 25.7 Å². The standard InChI is InChI=1S/C17H23NO3S/c1-2-22(20,21)16-7-5-15(6-8-16)18-17(19)11-14-10-12-3-4-13(14)9-12/h5-8,12-14H,2-4,9-11H2,1H3,(H,18,19)/t12-,13-,14-/m0/s1. The molecule has 0 aromatic heterocycles.